The van der Waals surface area contributed by atoms with Crippen molar-refractivity contribution in [2.45, 2.75) is 12.5 Å². The van der Waals surface area contributed by atoms with Gasteiger partial charge in [0, 0.05) is 16.9 Å². The zero-order valence-electron chi connectivity index (χ0n) is 14.0. The molecule has 0 unspecified atom stereocenters. The maximum absolute atomic E-state index is 12.9. The molecule has 2 aromatic heterocycles. The first-order valence-corrected chi connectivity index (χ1v) is 9.78. The van der Waals surface area contributed by atoms with E-state index >= 15 is 0 Å². The minimum atomic E-state index is -0.126. The van der Waals surface area contributed by atoms with Crippen LogP contribution in [0.25, 0.3) is 0 Å². The van der Waals surface area contributed by atoms with Crippen LogP contribution in [0.1, 0.15) is 32.6 Å². The van der Waals surface area contributed by atoms with Crippen molar-refractivity contribution < 1.29 is 14.6 Å². The van der Waals surface area contributed by atoms with Crippen LogP contribution in [0.3, 0.4) is 0 Å². The molecule has 1 aliphatic heterocycles. The van der Waals surface area contributed by atoms with Crippen molar-refractivity contribution in [1.82, 2.24) is 5.01 Å². The van der Waals surface area contributed by atoms with Gasteiger partial charge in [0.15, 0.2) is 11.5 Å². The summed E-state index contributed by atoms with van der Waals surface area (Å²) in [4.78, 5) is 14.7. The van der Waals surface area contributed by atoms with E-state index in [4.69, 9.17) is 4.74 Å². The number of carbonyl (C=O) groups excluding carboxylic acids is 1. The smallest absolute Gasteiger partial charge is 0.284 e. The van der Waals surface area contributed by atoms with E-state index in [-0.39, 0.29) is 17.7 Å². The molecule has 7 heteroatoms. The molecule has 26 heavy (non-hydrogen) atoms. The van der Waals surface area contributed by atoms with Gasteiger partial charge >= 0.3 is 0 Å². The third-order valence-electron chi connectivity index (χ3n) is 4.23. The van der Waals surface area contributed by atoms with Crippen molar-refractivity contribution >= 4 is 34.3 Å². The van der Waals surface area contributed by atoms with E-state index in [1.807, 2.05) is 35.0 Å². The Morgan fingerprint density at radius 2 is 2.04 bits per heavy atom. The van der Waals surface area contributed by atoms with E-state index in [0.717, 1.165) is 16.2 Å². The standard InChI is InChI=1S/C19H16N2O3S2/c1-24-16-10-12(6-7-15(16)22)13-11-14(17-4-2-8-25-17)21(20-13)19(23)18-5-3-9-26-18/h2-10,14,22H,11H2,1H3/t14-/m0/s1. The largest absolute Gasteiger partial charge is 0.504 e. The van der Waals surface area contributed by atoms with Crippen LogP contribution >= 0.6 is 22.7 Å². The van der Waals surface area contributed by atoms with E-state index in [1.165, 1.54) is 18.4 Å². The van der Waals surface area contributed by atoms with Gasteiger partial charge in [0.1, 0.15) is 0 Å². The summed E-state index contributed by atoms with van der Waals surface area (Å²) in [6.45, 7) is 0. The van der Waals surface area contributed by atoms with Crippen LogP contribution in [-0.4, -0.2) is 28.8 Å². The molecule has 0 fully saturated rings. The van der Waals surface area contributed by atoms with Gasteiger partial charge in [0.05, 0.1) is 23.7 Å². The number of aromatic hydroxyl groups is 1. The Hall–Kier alpha value is -2.64. The van der Waals surface area contributed by atoms with Gasteiger partial charge in [-0.1, -0.05) is 12.1 Å². The van der Waals surface area contributed by atoms with Crippen molar-refractivity contribution in [2.75, 3.05) is 7.11 Å². The highest BCUT2D eigenvalue weighted by Gasteiger charge is 2.34. The number of rotatable bonds is 4. The topological polar surface area (TPSA) is 62.1 Å². The molecule has 0 aliphatic carbocycles. The molecule has 3 aromatic rings. The fourth-order valence-corrected chi connectivity index (χ4v) is 4.41. The van der Waals surface area contributed by atoms with Gasteiger partial charge in [-0.25, -0.2) is 5.01 Å². The minimum Gasteiger partial charge on any atom is -0.504 e. The van der Waals surface area contributed by atoms with Gasteiger partial charge in [-0.3, -0.25) is 4.79 Å². The van der Waals surface area contributed by atoms with Crippen LogP contribution in [0, 0.1) is 0 Å². The number of benzene rings is 1. The molecular formula is C19H16N2O3S2. The number of thiophene rings is 2. The minimum absolute atomic E-state index is 0.0798. The average molecular weight is 384 g/mol. The molecule has 1 aliphatic rings. The normalized spacial score (nSPS) is 16.6. The van der Waals surface area contributed by atoms with Gasteiger partial charge in [-0.05, 0) is 41.1 Å². The lowest BCUT2D eigenvalue weighted by molar-refractivity contribution is 0.0719. The van der Waals surface area contributed by atoms with E-state index < -0.39 is 0 Å². The van der Waals surface area contributed by atoms with Crippen molar-refractivity contribution in [1.29, 1.82) is 0 Å². The molecule has 132 valence electrons. The molecule has 1 N–H and O–H groups in total. The van der Waals surface area contributed by atoms with Crippen LogP contribution < -0.4 is 4.74 Å². The third kappa shape index (κ3) is 3.00. The van der Waals surface area contributed by atoms with Crippen molar-refractivity contribution in [3.8, 4) is 11.5 Å². The molecule has 0 bridgehead atoms. The summed E-state index contributed by atoms with van der Waals surface area (Å²) in [6.07, 6.45) is 0.617. The number of carbonyl (C=O) groups is 1. The highest BCUT2D eigenvalue weighted by atomic mass is 32.1. The summed E-state index contributed by atoms with van der Waals surface area (Å²) >= 11 is 3.03. The highest BCUT2D eigenvalue weighted by Crippen LogP contribution is 2.37. The predicted octanol–water partition coefficient (Wildman–Crippen LogP) is 4.52. The van der Waals surface area contributed by atoms with Gasteiger partial charge < -0.3 is 9.84 Å². The van der Waals surface area contributed by atoms with Crippen LogP contribution in [0.2, 0.25) is 0 Å². The van der Waals surface area contributed by atoms with Crippen molar-refractivity contribution in [2.24, 2.45) is 5.10 Å². The first kappa shape index (κ1) is 16.8. The number of phenolic OH excluding ortho intramolecular Hbond substituents is 1. The van der Waals surface area contributed by atoms with Gasteiger partial charge in [0.25, 0.3) is 5.91 Å². The second-order valence-corrected chi connectivity index (χ2v) is 7.72. The molecule has 5 nitrogen and oxygen atoms in total. The van der Waals surface area contributed by atoms with Crippen LogP contribution in [0.15, 0.2) is 58.3 Å². The number of hydrogen-bond donors (Lipinski definition) is 1. The molecule has 0 spiro atoms. The Morgan fingerprint density at radius 1 is 1.23 bits per heavy atom. The lowest BCUT2D eigenvalue weighted by atomic mass is 10.0. The summed E-state index contributed by atoms with van der Waals surface area (Å²) in [7, 11) is 1.51. The Morgan fingerprint density at radius 3 is 2.73 bits per heavy atom. The SMILES string of the molecule is COc1cc(C2=NN(C(=O)c3cccs3)[C@H](c3cccs3)C2)ccc1O. The van der Waals surface area contributed by atoms with E-state index in [9.17, 15) is 9.90 Å². The highest BCUT2D eigenvalue weighted by molar-refractivity contribution is 7.12. The number of nitrogens with zero attached hydrogens (tertiary/aromatic N) is 2. The average Bonchev–Trinajstić information content (AvgIpc) is 3.42. The Labute approximate surface area is 158 Å². The maximum Gasteiger partial charge on any atom is 0.284 e. The number of hydrogen-bond acceptors (Lipinski definition) is 6. The van der Waals surface area contributed by atoms with Gasteiger partial charge in [0.2, 0.25) is 0 Å². The predicted molar refractivity (Wildman–Crippen MR) is 103 cm³/mol. The van der Waals surface area contributed by atoms with E-state index in [0.29, 0.717) is 17.0 Å². The lowest BCUT2D eigenvalue weighted by Gasteiger charge is -2.19. The fourth-order valence-electron chi connectivity index (χ4n) is 2.94. The van der Waals surface area contributed by atoms with Crippen LogP contribution in [0.4, 0.5) is 0 Å². The fraction of sp³-hybridized carbons (Fsp3) is 0.158. The number of ether oxygens (including phenoxy) is 1. The Bertz CT molecular complexity index is 949. The maximum atomic E-state index is 12.9. The molecule has 1 atom stereocenters. The molecule has 3 heterocycles. The molecule has 4 rings (SSSR count). The number of phenols is 1. The molecular weight excluding hydrogens is 368 g/mol. The van der Waals surface area contributed by atoms with Crippen LogP contribution in [-0.2, 0) is 0 Å². The van der Waals surface area contributed by atoms with Crippen LogP contribution in [0.5, 0.6) is 11.5 Å². The molecule has 1 aromatic carbocycles. The van der Waals surface area contributed by atoms with E-state index in [1.54, 1.807) is 34.5 Å². The van der Waals surface area contributed by atoms with Crippen molar-refractivity contribution in [3.63, 3.8) is 0 Å². The lowest BCUT2D eigenvalue weighted by Crippen LogP contribution is -2.25. The Balaban J connectivity index is 1.72. The quantitative estimate of drug-likeness (QED) is 0.720. The summed E-state index contributed by atoms with van der Waals surface area (Å²) < 4.78 is 5.20. The molecule has 0 saturated carbocycles. The second-order valence-electron chi connectivity index (χ2n) is 5.80. The third-order valence-corrected chi connectivity index (χ3v) is 6.07. The first-order valence-electron chi connectivity index (χ1n) is 8.02. The first-order chi connectivity index (χ1) is 12.7. The summed E-state index contributed by atoms with van der Waals surface area (Å²) in [5, 5.41) is 19.9. The summed E-state index contributed by atoms with van der Waals surface area (Å²) in [6, 6.07) is 12.7. The number of hydrazone groups is 1. The summed E-state index contributed by atoms with van der Waals surface area (Å²) in [5.41, 5.74) is 1.63. The van der Waals surface area contributed by atoms with Crippen molar-refractivity contribution in [3.05, 3.63) is 68.5 Å². The Kier molecular flexibility index (Phi) is 4.48. The van der Waals surface area contributed by atoms with Gasteiger partial charge in [-0.15, -0.1) is 22.7 Å². The van der Waals surface area contributed by atoms with E-state index in [2.05, 4.69) is 5.10 Å². The number of amides is 1. The molecule has 1 amide bonds. The second kappa shape index (κ2) is 6.93. The zero-order valence-corrected chi connectivity index (χ0v) is 15.6. The van der Waals surface area contributed by atoms with Gasteiger partial charge in [-0.2, -0.15) is 5.10 Å². The molecule has 0 saturated heterocycles. The number of methoxy groups -OCH3 is 1. The zero-order chi connectivity index (χ0) is 18.1. The summed E-state index contributed by atoms with van der Waals surface area (Å²) in [5.74, 6) is 0.372. The molecule has 0 radical (unpaired) electrons. The monoisotopic (exact) mass is 384 g/mol.